The summed E-state index contributed by atoms with van der Waals surface area (Å²) in [4.78, 5) is 54.1. The number of carbonyl (C=O) groups is 3. The molecular formula is C20H15N3O5. The molecule has 0 spiro atoms. The van der Waals surface area contributed by atoms with Crippen LogP contribution >= 0.6 is 0 Å². The van der Waals surface area contributed by atoms with Crippen molar-refractivity contribution >= 4 is 28.7 Å². The highest BCUT2D eigenvalue weighted by molar-refractivity contribution is 6.21. The number of amides is 2. The number of para-hydroxylation sites is 1. The summed E-state index contributed by atoms with van der Waals surface area (Å²) in [5.74, 6) is -1.48. The number of aromatic nitrogens is 2. The first-order valence-electron chi connectivity index (χ1n) is 8.61. The van der Waals surface area contributed by atoms with Crippen LogP contribution in [0.2, 0.25) is 0 Å². The number of nitrogens with zero attached hydrogens (tertiary/aromatic N) is 3. The number of hydrogen-bond donors (Lipinski definition) is 0. The quantitative estimate of drug-likeness (QED) is 0.490. The van der Waals surface area contributed by atoms with Crippen molar-refractivity contribution in [2.75, 3.05) is 13.2 Å². The van der Waals surface area contributed by atoms with E-state index in [1.54, 1.807) is 48.5 Å². The van der Waals surface area contributed by atoms with Gasteiger partial charge in [0.1, 0.15) is 13.2 Å². The Morgan fingerprint density at radius 3 is 2.29 bits per heavy atom. The number of carbonyl (C=O) groups excluding carboxylic acids is 3. The van der Waals surface area contributed by atoms with Crippen LogP contribution in [0.15, 0.2) is 59.7 Å². The smallest absolute Gasteiger partial charge is 0.326 e. The Morgan fingerprint density at radius 2 is 1.57 bits per heavy atom. The summed E-state index contributed by atoms with van der Waals surface area (Å²) in [5.41, 5.74) is 0.880. The van der Waals surface area contributed by atoms with Crippen LogP contribution in [0.3, 0.4) is 0 Å². The molecule has 1 aliphatic rings. The molecule has 28 heavy (non-hydrogen) atoms. The normalized spacial score (nSPS) is 13.1. The van der Waals surface area contributed by atoms with E-state index in [0.717, 1.165) is 9.47 Å². The molecule has 0 N–H and O–H groups in total. The number of hydrogen-bond acceptors (Lipinski definition) is 6. The van der Waals surface area contributed by atoms with Crippen molar-refractivity contribution in [1.29, 1.82) is 0 Å². The van der Waals surface area contributed by atoms with Crippen LogP contribution in [0.4, 0.5) is 0 Å². The standard InChI is InChI=1S/C20H15N3O5/c24-17(11-22-12-21-16-8-4-3-7-15(16)18(22)25)28-10-9-23-19(26)13-5-1-2-6-14(13)20(23)27/h1-8,12H,9-11H2. The fourth-order valence-corrected chi connectivity index (χ4v) is 3.10. The first kappa shape index (κ1) is 17.6. The molecule has 8 nitrogen and oxygen atoms in total. The highest BCUT2D eigenvalue weighted by atomic mass is 16.5. The molecule has 0 unspecified atom stereocenters. The Balaban J connectivity index is 1.37. The van der Waals surface area contributed by atoms with Crippen LogP contribution in [-0.4, -0.2) is 45.4 Å². The first-order chi connectivity index (χ1) is 13.6. The molecule has 2 amide bonds. The molecule has 0 aliphatic carbocycles. The van der Waals surface area contributed by atoms with E-state index in [2.05, 4.69) is 4.98 Å². The maximum absolute atomic E-state index is 12.4. The Kier molecular flexibility index (Phi) is 4.44. The van der Waals surface area contributed by atoms with E-state index >= 15 is 0 Å². The van der Waals surface area contributed by atoms with Gasteiger partial charge in [-0.3, -0.25) is 28.6 Å². The molecule has 0 radical (unpaired) electrons. The minimum absolute atomic E-state index is 0.0526. The van der Waals surface area contributed by atoms with Gasteiger partial charge in [0.25, 0.3) is 17.4 Å². The van der Waals surface area contributed by atoms with Gasteiger partial charge in [0.15, 0.2) is 0 Å². The number of ether oxygens (including phenoxy) is 1. The lowest BCUT2D eigenvalue weighted by Gasteiger charge is -2.14. The van der Waals surface area contributed by atoms with Gasteiger partial charge in [0.05, 0.1) is 34.9 Å². The summed E-state index contributed by atoms with van der Waals surface area (Å²) < 4.78 is 6.26. The van der Waals surface area contributed by atoms with Gasteiger partial charge in [-0.25, -0.2) is 4.98 Å². The number of esters is 1. The molecule has 1 aliphatic heterocycles. The maximum atomic E-state index is 12.4. The third kappa shape index (κ3) is 3.05. The van der Waals surface area contributed by atoms with Crippen LogP contribution < -0.4 is 5.56 Å². The average molecular weight is 377 g/mol. The summed E-state index contributed by atoms with van der Waals surface area (Å²) in [6.45, 7) is -0.512. The van der Waals surface area contributed by atoms with Crippen LogP contribution in [0.5, 0.6) is 0 Å². The van der Waals surface area contributed by atoms with E-state index in [9.17, 15) is 19.2 Å². The largest absolute Gasteiger partial charge is 0.462 e. The van der Waals surface area contributed by atoms with Gasteiger partial charge >= 0.3 is 5.97 Å². The fraction of sp³-hybridized carbons (Fsp3) is 0.150. The monoisotopic (exact) mass is 377 g/mol. The second-order valence-corrected chi connectivity index (χ2v) is 6.22. The molecule has 2 heterocycles. The zero-order valence-electron chi connectivity index (χ0n) is 14.7. The van der Waals surface area contributed by atoms with Crippen LogP contribution in [0.25, 0.3) is 10.9 Å². The van der Waals surface area contributed by atoms with Gasteiger partial charge in [-0.05, 0) is 24.3 Å². The topological polar surface area (TPSA) is 98.6 Å². The number of fused-ring (bicyclic) bond motifs is 2. The second kappa shape index (κ2) is 7.07. The van der Waals surface area contributed by atoms with Gasteiger partial charge in [0, 0.05) is 0 Å². The molecular weight excluding hydrogens is 362 g/mol. The molecule has 0 bridgehead atoms. The van der Waals surface area contributed by atoms with Crippen molar-refractivity contribution in [2.24, 2.45) is 0 Å². The van der Waals surface area contributed by atoms with Gasteiger partial charge in [-0.1, -0.05) is 24.3 Å². The minimum Gasteiger partial charge on any atom is -0.462 e. The fourth-order valence-electron chi connectivity index (χ4n) is 3.10. The number of rotatable bonds is 5. The molecule has 0 saturated carbocycles. The van der Waals surface area contributed by atoms with E-state index < -0.39 is 17.8 Å². The highest BCUT2D eigenvalue weighted by Crippen LogP contribution is 2.21. The number of imide groups is 1. The van der Waals surface area contributed by atoms with E-state index in [1.165, 1.54) is 6.33 Å². The van der Waals surface area contributed by atoms with E-state index in [4.69, 9.17) is 4.74 Å². The summed E-state index contributed by atoms with van der Waals surface area (Å²) in [6, 6.07) is 13.4. The zero-order chi connectivity index (χ0) is 19.7. The zero-order valence-corrected chi connectivity index (χ0v) is 14.7. The van der Waals surface area contributed by atoms with E-state index in [1.807, 2.05) is 0 Å². The van der Waals surface area contributed by atoms with Crippen LogP contribution in [-0.2, 0) is 16.1 Å². The van der Waals surface area contributed by atoms with Crippen LogP contribution in [0.1, 0.15) is 20.7 Å². The molecule has 1 aromatic heterocycles. The van der Waals surface area contributed by atoms with Gasteiger partial charge in [-0.2, -0.15) is 0 Å². The van der Waals surface area contributed by atoms with Crippen molar-refractivity contribution in [3.05, 3.63) is 76.3 Å². The van der Waals surface area contributed by atoms with Crippen molar-refractivity contribution in [2.45, 2.75) is 6.54 Å². The van der Waals surface area contributed by atoms with Gasteiger partial charge in [-0.15, -0.1) is 0 Å². The van der Waals surface area contributed by atoms with Crippen molar-refractivity contribution in [3.63, 3.8) is 0 Å². The predicted octanol–water partition coefficient (Wildman–Crippen LogP) is 1.24. The molecule has 4 rings (SSSR count). The van der Waals surface area contributed by atoms with Crippen molar-refractivity contribution in [3.8, 4) is 0 Å². The minimum atomic E-state index is -0.657. The first-order valence-corrected chi connectivity index (χ1v) is 8.61. The van der Waals surface area contributed by atoms with Crippen molar-refractivity contribution in [1.82, 2.24) is 14.5 Å². The van der Waals surface area contributed by atoms with Crippen LogP contribution in [0, 0.1) is 0 Å². The highest BCUT2D eigenvalue weighted by Gasteiger charge is 2.34. The average Bonchev–Trinajstić information content (AvgIpc) is 2.95. The SMILES string of the molecule is O=C(Cn1cnc2ccccc2c1=O)OCCN1C(=O)c2ccccc2C1=O. The Labute approximate surface area is 159 Å². The lowest BCUT2D eigenvalue weighted by Crippen LogP contribution is -2.34. The van der Waals surface area contributed by atoms with Crippen molar-refractivity contribution < 1.29 is 19.1 Å². The van der Waals surface area contributed by atoms with E-state index in [0.29, 0.717) is 22.0 Å². The summed E-state index contributed by atoms with van der Waals surface area (Å²) in [6.07, 6.45) is 1.29. The molecule has 0 saturated heterocycles. The van der Waals surface area contributed by atoms with Gasteiger partial charge < -0.3 is 4.74 Å². The lowest BCUT2D eigenvalue weighted by atomic mass is 10.1. The summed E-state index contributed by atoms with van der Waals surface area (Å²) in [7, 11) is 0. The Bertz CT molecular complexity index is 1130. The third-order valence-corrected chi connectivity index (χ3v) is 4.49. The molecule has 0 fully saturated rings. The van der Waals surface area contributed by atoms with Gasteiger partial charge in [0.2, 0.25) is 0 Å². The molecule has 0 atom stereocenters. The summed E-state index contributed by atoms with van der Waals surface area (Å²) >= 11 is 0. The number of benzene rings is 2. The molecule has 3 aromatic rings. The Morgan fingerprint density at radius 1 is 0.929 bits per heavy atom. The van der Waals surface area contributed by atoms with E-state index in [-0.39, 0.29) is 25.3 Å². The summed E-state index contributed by atoms with van der Waals surface area (Å²) in [5, 5.41) is 0.406. The Hall–Kier alpha value is -3.81. The molecule has 8 heteroatoms. The second-order valence-electron chi connectivity index (χ2n) is 6.22. The predicted molar refractivity (Wildman–Crippen MR) is 98.8 cm³/mol. The lowest BCUT2D eigenvalue weighted by molar-refractivity contribution is -0.144. The molecule has 2 aromatic carbocycles. The maximum Gasteiger partial charge on any atom is 0.326 e. The third-order valence-electron chi connectivity index (χ3n) is 4.49. The molecule has 140 valence electrons.